The number of fused-ring (bicyclic) bond motifs is 1. The minimum atomic E-state index is 0.700. The average Bonchev–Trinajstić information content (AvgIpc) is 2.74. The maximum atomic E-state index is 5.69. The summed E-state index contributed by atoms with van der Waals surface area (Å²) in [6, 6.07) is 3.81. The molecular weight excluding hydrogens is 190 g/mol. The molecule has 3 rings (SSSR count). The van der Waals surface area contributed by atoms with Gasteiger partial charge in [0.1, 0.15) is 5.76 Å². The van der Waals surface area contributed by atoms with Crippen LogP contribution in [0.15, 0.2) is 28.9 Å². The van der Waals surface area contributed by atoms with Crippen LogP contribution in [0.2, 0.25) is 0 Å². The summed E-state index contributed by atoms with van der Waals surface area (Å²) < 4.78 is 5.69. The number of hydrogen-bond acceptors (Lipinski definition) is 4. The SMILES string of the molecule is c1cc(-c2nc3c(o2)CNCC3)ccn1. The van der Waals surface area contributed by atoms with Gasteiger partial charge in [0.15, 0.2) is 0 Å². The van der Waals surface area contributed by atoms with Gasteiger partial charge in [-0.2, -0.15) is 0 Å². The van der Waals surface area contributed by atoms with Crippen molar-refractivity contribution in [3.05, 3.63) is 36.0 Å². The molecule has 0 aliphatic carbocycles. The highest BCUT2D eigenvalue weighted by molar-refractivity contribution is 5.52. The van der Waals surface area contributed by atoms with Crippen molar-refractivity contribution < 1.29 is 4.42 Å². The average molecular weight is 201 g/mol. The zero-order chi connectivity index (χ0) is 10.1. The van der Waals surface area contributed by atoms with Crippen LogP contribution in [0.25, 0.3) is 11.5 Å². The number of hydrogen-bond donors (Lipinski definition) is 1. The number of aromatic nitrogens is 2. The van der Waals surface area contributed by atoms with E-state index in [4.69, 9.17) is 4.42 Å². The molecule has 4 nitrogen and oxygen atoms in total. The molecule has 4 heteroatoms. The minimum absolute atomic E-state index is 0.700. The molecule has 1 N–H and O–H groups in total. The molecule has 76 valence electrons. The van der Waals surface area contributed by atoms with Crippen LogP contribution in [0, 0.1) is 0 Å². The summed E-state index contributed by atoms with van der Waals surface area (Å²) in [5.74, 6) is 1.67. The number of nitrogens with zero attached hydrogens (tertiary/aromatic N) is 2. The topological polar surface area (TPSA) is 51.0 Å². The normalized spacial score (nSPS) is 14.9. The third-order valence-electron chi connectivity index (χ3n) is 2.53. The molecule has 0 spiro atoms. The van der Waals surface area contributed by atoms with Crippen LogP contribution in [0.3, 0.4) is 0 Å². The Morgan fingerprint density at radius 2 is 2.13 bits per heavy atom. The summed E-state index contributed by atoms with van der Waals surface area (Å²) in [7, 11) is 0. The molecule has 0 saturated carbocycles. The van der Waals surface area contributed by atoms with Gasteiger partial charge in [-0.3, -0.25) is 4.98 Å². The first-order valence-corrected chi connectivity index (χ1v) is 5.03. The van der Waals surface area contributed by atoms with Crippen LogP contribution < -0.4 is 5.32 Å². The van der Waals surface area contributed by atoms with Crippen molar-refractivity contribution in [2.45, 2.75) is 13.0 Å². The van der Waals surface area contributed by atoms with Crippen LogP contribution in [0.4, 0.5) is 0 Å². The Bertz CT molecular complexity index is 440. The lowest BCUT2D eigenvalue weighted by Gasteiger charge is -2.08. The highest BCUT2D eigenvalue weighted by Gasteiger charge is 2.16. The van der Waals surface area contributed by atoms with Crippen LogP contribution >= 0.6 is 0 Å². The number of nitrogens with one attached hydrogen (secondary N) is 1. The number of rotatable bonds is 1. The fraction of sp³-hybridized carbons (Fsp3) is 0.273. The molecule has 0 fully saturated rings. The summed E-state index contributed by atoms with van der Waals surface area (Å²) in [4.78, 5) is 8.46. The summed E-state index contributed by atoms with van der Waals surface area (Å²) in [5, 5.41) is 3.26. The maximum Gasteiger partial charge on any atom is 0.226 e. The molecule has 2 aromatic rings. The van der Waals surface area contributed by atoms with Crippen molar-refractivity contribution in [3.63, 3.8) is 0 Å². The van der Waals surface area contributed by atoms with Crippen molar-refractivity contribution in [2.75, 3.05) is 6.54 Å². The van der Waals surface area contributed by atoms with Gasteiger partial charge in [0, 0.05) is 30.9 Å². The molecule has 1 aliphatic rings. The quantitative estimate of drug-likeness (QED) is 0.757. The molecule has 0 unspecified atom stereocenters. The predicted molar refractivity (Wildman–Crippen MR) is 55.1 cm³/mol. The Balaban J connectivity index is 2.03. The Hall–Kier alpha value is -1.68. The Kier molecular flexibility index (Phi) is 1.99. The van der Waals surface area contributed by atoms with E-state index in [1.807, 2.05) is 12.1 Å². The molecule has 0 aromatic carbocycles. The van der Waals surface area contributed by atoms with Crippen LogP contribution in [-0.2, 0) is 13.0 Å². The fourth-order valence-corrected chi connectivity index (χ4v) is 1.74. The molecule has 3 heterocycles. The van der Waals surface area contributed by atoms with E-state index in [0.29, 0.717) is 5.89 Å². The van der Waals surface area contributed by atoms with E-state index in [0.717, 1.165) is 36.5 Å². The van der Waals surface area contributed by atoms with E-state index in [2.05, 4.69) is 15.3 Å². The monoisotopic (exact) mass is 201 g/mol. The van der Waals surface area contributed by atoms with E-state index in [9.17, 15) is 0 Å². The van der Waals surface area contributed by atoms with Gasteiger partial charge in [-0.25, -0.2) is 4.98 Å². The molecule has 1 aliphatic heterocycles. The lowest BCUT2D eigenvalue weighted by atomic mass is 10.2. The van der Waals surface area contributed by atoms with Gasteiger partial charge in [-0.1, -0.05) is 0 Å². The first-order valence-electron chi connectivity index (χ1n) is 5.03. The molecule has 0 amide bonds. The predicted octanol–water partition coefficient (Wildman–Crippen LogP) is 1.38. The highest BCUT2D eigenvalue weighted by atomic mass is 16.4. The van der Waals surface area contributed by atoms with Crippen molar-refractivity contribution in [2.24, 2.45) is 0 Å². The Morgan fingerprint density at radius 1 is 1.27 bits per heavy atom. The van der Waals surface area contributed by atoms with Crippen molar-refractivity contribution >= 4 is 0 Å². The lowest BCUT2D eigenvalue weighted by Crippen LogP contribution is -2.22. The second-order valence-corrected chi connectivity index (χ2v) is 3.55. The van der Waals surface area contributed by atoms with Gasteiger partial charge in [-0.05, 0) is 12.1 Å². The third-order valence-corrected chi connectivity index (χ3v) is 2.53. The smallest absolute Gasteiger partial charge is 0.226 e. The van der Waals surface area contributed by atoms with Crippen LogP contribution in [0.1, 0.15) is 11.5 Å². The van der Waals surface area contributed by atoms with Gasteiger partial charge in [-0.15, -0.1) is 0 Å². The van der Waals surface area contributed by atoms with E-state index in [1.54, 1.807) is 12.4 Å². The van der Waals surface area contributed by atoms with Gasteiger partial charge in [0.25, 0.3) is 0 Å². The largest absolute Gasteiger partial charge is 0.440 e. The van der Waals surface area contributed by atoms with Gasteiger partial charge < -0.3 is 9.73 Å². The van der Waals surface area contributed by atoms with Crippen molar-refractivity contribution in [1.82, 2.24) is 15.3 Å². The maximum absolute atomic E-state index is 5.69. The number of pyridine rings is 1. The standard InChI is InChI=1S/C11H11N3O/c1-4-12-5-2-8(1)11-14-9-3-6-13-7-10(9)15-11/h1-2,4-5,13H,3,6-7H2. The van der Waals surface area contributed by atoms with Gasteiger partial charge in [0.05, 0.1) is 12.2 Å². The molecular formula is C11H11N3O. The second-order valence-electron chi connectivity index (χ2n) is 3.55. The Labute approximate surface area is 87.4 Å². The summed E-state index contributed by atoms with van der Waals surface area (Å²) >= 11 is 0. The van der Waals surface area contributed by atoms with Gasteiger partial charge in [0.2, 0.25) is 5.89 Å². The van der Waals surface area contributed by atoms with Crippen molar-refractivity contribution in [3.8, 4) is 11.5 Å². The summed E-state index contributed by atoms with van der Waals surface area (Å²) in [6.45, 7) is 1.77. The third kappa shape index (κ3) is 1.53. The summed E-state index contributed by atoms with van der Waals surface area (Å²) in [6.07, 6.45) is 4.44. The fourth-order valence-electron chi connectivity index (χ4n) is 1.74. The van der Waals surface area contributed by atoms with E-state index in [-0.39, 0.29) is 0 Å². The van der Waals surface area contributed by atoms with E-state index >= 15 is 0 Å². The van der Waals surface area contributed by atoms with Crippen molar-refractivity contribution in [1.29, 1.82) is 0 Å². The van der Waals surface area contributed by atoms with Crippen LogP contribution in [-0.4, -0.2) is 16.5 Å². The highest BCUT2D eigenvalue weighted by Crippen LogP contribution is 2.22. The Morgan fingerprint density at radius 3 is 2.93 bits per heavy atom. The first-order chi connectivity index (χ1) is 7.43. The lowest BCUT2D eigenvalue weighted by molar-refractivity contribution is 0.471. The molecule has 2 aromatic heterocycles. The molecule has 15 heavy (non-hydrogen) atoms. The second kappa shape index (κ2) is 3.47. The molecule has 0 radical (unpaired) electrons. The molecule has 0 bridgehead atoms. The van der Waals surface area contributed by atoms with Gasteiger partial charge >= 0.3 is 0 Å². The first kappa shape index (κ1) is 8.61. The molecule has 0 saturated heterocycles. The molecule has 0 atom stereocenters. The van der Waals surface area contributed by atoms with E-state index < -0.39 is 0 Å². The zero-order valence-electron chi connectivity index (χ0n) is 8.23. The zero-order valence-corrected chi connectivity index (χ0v) is 8.23. The van der Waals surface area contributed by atoms with E-state index in [1.165, 1.54) is 0 Å². The summed E-state index contributed by atoms with van der Waals surface area (Å²) in [5.41, 5.74) is 2.07. The van der Waals surface area contributed by atoms with Crippen LogP contribution in [0.5, 0.6) is 0 Å². The number of oxazole rings is 1. The minimum Gasteiger partial charge on any atom is -0.440 e.